The van der Waals surface area contributed by atoms with Gasteiger partial charge >= 0.3 is 0 Å². The van der Waals surface area contributed by atoms with Crippen molar-refractivity contribution in [2.24, 2.45) is 0 Å². The summed E-state index contributed by atoms with van der Waals surface area (Å²) in [5, 5.41) is 6.95. The normalized spacial score (nSPS) is 12.0. The van der Waals surface area contributed by atoms with Crippen LogP contribution in [0.15, 0.2) is 140 Å². The minimum absolute atomic E-state index is 0.565. The summed E-state index contributed by atoms with van der Waals surface area (Å²) in [5.41, 5.74) is 8.45. The van der Waals surface area contributed by atoms with E-state index in [9.17, 15) is 0 Å². The zero-order valence-corrected chi connectivity index (χ0v) is 26.8. The topological polar surface area (TPSA) is 48.0 Å². The highest BCUT2D eigenvalue weighted by atomic mass is 35.5. The van der Waals surface area contributed by atoms with Gasteiger partial charge in [-0.15, -0.1) is 0 Å². The Morgan fingerprint density at radius 1 is 0.458 bits per heavy atom. The number of hydrogen-bond donors (Lipinski definition) is 0. The van der Waals surface area contributed by atoms with Gasteiger partial charge in [-0.2, -0.15) is 0 Å². The molecule has 5 nitrogen and oxygen atoms in total. The summed E-state index contributed by atoms with van der Waals surface area (Å²) in [6, 6.07) is 47.4. The van der Waals surface area contributed by atoms with Gasteiger partial charge in [-0.25, -0.2) is 15.0 Å². The Morgan fingerprint density at radius 2 is 1.10 bits per heavy atom. The van der Waals surface area contributed by atoms with Crippen LogP contribution in [0.3, 0.4) is 0 Å². The average molecular weight is 657 g/mol. The molecule has 0 bridgehead atoms. The molecule has 0 unspecified atom stereocenters. The van der Waals surface area contributed by atoms with Crippen LogP contribution < -0.4 is 0 Å². The summed E-state index contributed by atoms with van der Waals surface area (Å²) in [4.78, 5) is 15.7. The molecular weight excluding hydrogens is 633 g/mol. The summed E-state index contributed by atoms with van der Waals surface area (Å²) in [5.74, 6) is 1.29. The molecule has 6 aromatic carbocycles. The summed E-state index contributed by atoms with van der Waals surface area (Å²) in [6.07, 6.45) is 0. The first-order valence-electron chi connectivity index (χ1n) is 15.7. The van der Waals surface area contributed by atoms with Crippen LogP contribution >= 0.6 is 23.2 Å². The second-order valence-electron chi connectivity index (χ2n) is 12.0. The molecule has 0 saturated carbocycles. The van der Waals surface area contributed by atoms with Gasteiger partial charge in [0.1, 0.15) is 17.0 Å². The third-order valence-electron chi connectivity index (χ3n) is 9.21. The summed E-state index contributed by atoms with van der Waals surface area (Å²) >= 11 is 12.9. The van der Waals surface area contributed by atoms with Gasteiger partial charge in [-0.05, 0) is 53.9 Å². The van der Waals surface area contributed by atoms with Crippen LogP contribution in [0.5, 0.6) is 0 Å². The molecule has 4 aromatic heterocycles. The van der Waals surface area contributed by atoms with E-state index in [4.69, 9.17) is 38.2 Å². The minimum atomic E-state index is 0.565. The van der Waals surface area contributed by atoms with Crippen molar-refractivity contribution in [3.63, 3.8) is 0 Å². The van der Waals surface area contributed by atoms with E-state index in [-0.39, 0.29) is 0 Å². The van der Waals surface area contributed by atoms with Gasteiger partial charge in [0.25, 0.3) is 0 Å². The molecule has 226 valence electrons. The summed E-state index contributed by atoms with van der Waals surface area (Å²) < 4.78 is 4.52. The fraction of sp³-hybridized carbons (Fsp3) is 0. The van der Waals surface area contributed by atoms with E-state index < -0.39 is 0 Å². The van der Waals surface area contributed by atoms with Gasteiger partial charge in [-0.3, -0.25) is 8.97 Å². The lowest BCUT2D eigenvalue weighted by Gasteiger charge is -2.12. The Balaban J connectivity index is 1.38. The van der Waals surface area contributed by atoms with Crippen LogP contribution in [0.25, 0.3) is 88.6 Å². The van der Waals surface area contributed by atoms with Gasteiger partial charge < -0.3 is 0 Å². The Kier molecular flexibility index (Phi) is 5.92. The Morgan fingerprint density at radius 3 is 1.88 bits per heavy atom. The van der Waals surface area contributed by atoms with Crippen LogP contribution in [0, 0.1) is 0 Å². The molecule has 10 aromatic rings. The molecule has 0 radical (unpaired) electrons. The SMILES string of the molecule is Clc1cccc(-c2cc(-n3c4ccccc4c4ccc5c(nc6c7ccccc7c7ccccc7n56)c43)nc(-c3cccc(Cl)c3)n2)c1. The zero-order chi connectivity index (χ0) is 31.9. The molecule has 10 rings (SSSR count). The predicted octanol–water partition coefficient (Wildman–Crippen LogP) is 11.3. The van der Waals surface area contributed by atoms with Crippen molar-refractivity contribution in [1.82, 2.24) is 23.9 Å². The van der Waals surface area contributed by atoms with E-state index in [2.05, 4.69) is 93.9 Å². The van der Waals surface area contributed by atoms with Gasteiger partial charge in [0.15, 0.2) is 5.82 Å². The van der Waals surface area contributed by atoms with Crippen molar-refractivity contribution in [3.8, 4) is 28.5 Å². The Labute approximate surface area is 284 Å². The monoisotopic (exact) mass is 655 g/mol. The lowest BCUT2D eigenvalue weighted by molar-refractivity contribution is 1.05. The first-order chi connectivity index (χ1) is 23.6. The maximum absolute atomic E-state index is 6.48. The number of hydrogen-bond acceptors (Lipinski definition) is 3. The molecular formula is C41H23Cl2N5. The highest BCUT2D eigenvalue weighted by molar-refractivity contribution is 6.31. The quantitative estimate of drug-likeness (QED) is 0.178. The second-order valence-corrected chi connectivity index (χ2v) is 12.8. The van der Waals surface area contributed by atoms with Gasteiger partial charge in [-0.1, -0.05) is 108 Å². The lowest BCUT2D eigenvalue weighted by Crippen LogP contribution is -2.03. The number of halogens is 2. The first kappa shape index (κ1) is 27.4. The molecule has 0 spiro atoms. The lowest BCUT2D eigenvalue weighted by atomic mass is 10.1. The van der Waals surface area contributed by atoms with Gasteiger partial charge in [0.2, 0.25) is 0 Å². The van der Waals surface area contributed by atoms with Crippen LogP contribution in [-0.2, 0) is 0 Å². The minimum Gasteiger partial charge on any atom is -0.292 e. The Hall–Kier alpha value is -5.75. The zero-order valence-electron chi connectivity index (χ0n) is 25.3. The predicted molar refractivity (Wildman–Crippen MR) is 199 cm³/mol. The highest BCUT2D eigenvalue weighted by Gasteiger charge is 2.22. The number of pyridine rings is 1. The second kappa shape index (κ2) is 10.4. The van der Waals surface area contributed by atoms with E-state index in [1.807, 2.05) is 54.6 Å². The van der Waals surface area contributed by atoms with E-state index in [1.165, 1.54) is 10.8 Å². The molecule has 0 fully saturated rings. The fourth-order valence-electron chi connectivity index (χ4n) is 7.16. The van der Waals surface area contributed by atoms with E-state index in [0.717, 1.165) is 72.0 Å². The van der Waals surface area contributed by atoms with Crippen molar-refractivity contribution in [3.05, 3.63) is 150 Å². The molecule has 48 heavy (non-hydrogen) atoms. The van der Waals surface area contributed by atoms with Crippen molar-refractivity contribution in [2.75, 3.05) is 0 Å². The number of nitrogens with zero attached hydrogens (tertiary/aromatic N) is 5. The van der Waals surface area contributed by atoms with Crippen molar-refractivity contribution < 1.29 is 0 Å². The third-order valence-corrected chi connectivity index (χ3v) is 9.68. The highest BCUT2D eigenvalue weighted by Crippen LogP contribution is 2.40. The molecule has 0 atom stereocenters. The standard InChI is InChI=1S/C41H23Cl2N5/c42-26-11-7-9-24(21-26)33-23-37(45-40(44-33)25-10-8-12-27(43)22-25)48-35-18-6-4-15-30(35)31-19-20-36-38(39(31)48)46-41-32-16-2-1-13-28(32)29-14-3-5-17-34(29)47(36)41/h1-23H. The van der Waals surface area contributed by atoms with Crippen LogP contribution in [0.4, 0.5) is 0 Å². The maximum Gasteiger partial charge on any atom is 0.162 e. The molecule has 4 heterocycles. The van der Waals surface area contributed by atoms with E-state index >= 15 is 0 Å². The smallest absolute Gasteiger partial charge is 0.162 e. The number of para-hydroxylation sites is 2. The fourth-order valence-corrected chi connectivity index (χ4v) is 7.54. The molecule has 0 aliphatic carbocycles. The number of aromatic nitrogens is 5. The van der Waals surface area contributed by atoms with Gasteiger partial charge in [0.05, 0.1) is 27.8 Å². The van der Waals surface area contributed by atoms with Crippen LogP contribution in [-0.4, -0.2) is 23.9 Å². The van der Waals surface area contributed by atoms with Crippen molar-refractivity contribution >= 4 is 83.4 Å². The van der Waals surface area contributed by atoms with E-state index in [0.29, 0.717) is 15.9 Å². The van der Waals surface area contributed by atoms with Crippen molar-refractivity contribution in [1.29, 1.82) is 0 Å². The number of imidazole rings is 1. The van der Waals surface area contributed by atoms with Crippen molar-refractivity contribution in [2.45, 2.75) is 0 Å². The number of fused-ring (bicyclic) bond motifs is 12. The number of rotatable bonds is 3. The largest absolute Gasteiger partial charge is 0.292 e. The maximum atomic E-state index is 6.48. The molecule has 0 N–H and O–H groups in total. The molecule has 7 heteroatoms. The average Bonchev–Trinajstić information content (AvgIpc) is 3.69. The summed E-state index contributed by atoms with van der Waals surface area (Å²) in [7, 11) is 0. The first-order valence-corrected chi connectivity index (χ1v) is 16.4. The molecule has 0 aliphatic rings. The molecule has 0 aliphatic heterocycles. The Bertz CT molecular complexity index is 2880. The third kappa shape index (κ3) is 4.02. The molecule has 0 amide bonds. The van der Waals surface area contributed by atoms with Crippen LogP contribution in [0.1, 0.15) is 0 Å². The molecule has 0 saturated heterocycles. The summed E-state index contributed by atoms with van der Waals surface area (Å²) in [6.45, 7) is 0. The number of benzene rings is 6. The van der Waals surface area contributed by atoms with E-state index in [1.54, 1.807) is 0 Å². The van der Waals surface area contributed by atoms with Gasteiger partial charge in [0, 0.05) is 48.8 Å². The van der Waals surface area contributed by atoms with Crippen LogP contribution in [0.2, 0.25) is 10.0 Å².